The number of aryl methyl sites for hydroxylation is 1. The van der Waals surface area contributed by atoms with Gasteiger partial charge in [-0.25, -0.2) is 0 Å². The van der Waals surface area contributed by atoms with E-state index >= 15 is 0 Å². The van der Waals surface area contributed by atoms with E-state index in [0.717, 1.165) is 25.4 Å². The van der Waals surface area contributed by atoms with Crippen LogP contribution >= 0.6 is 0 Å². The summed E-state index contributed by atoms with van der Waals surface area (Å²) < 4.78 is 11.0. The number of hydrogen-bond acceptors (Lipinski definition) is 4. The molecule has 3 heterocycles. The molecule has 0 N–H and O–H groups in total. The zero-order valence-corrected chi connectivity index (χ0v) is 12.5. The highest BCUT2D eigenvalue weighted by Crippen LogP contribution is 2.41. The van der Waals surface area contributed by atoms with Crippen LogP contribution < -0.4 is 0 Å². The Hall–Kier alpha value is -1.46. The average Bonchev–Trinajstić information content (AvgIpc) is 3.03. The van der Waals surface area contributed by atoms with E-state index in [4.69, 9.17) is 9.47 Å². The van der Waals surface area contributed by atoms with E-state index in [1.807, 2.05) is 23.1 Å². The first kappa shape index (κ1) is 14.5. The summed E-state index contributed by atoms with van der Waals surface area (Å²) in [6.07, 6.45) is 2.99. The van der Waals surface area contributed by atoms with Crippen LogP contribution in [0.2, 0.25) is 0 Å². The maximum absolute atomic E-state index is 12.4. The van der Waals surface area contributed by atoms with Gasteiger partial charge >= 0.3 is 0 Å². The number of amides is 1. The first-order valence-corrected chi connectivity index (χ1v) is 7.48. The molecule has 5 heteroatoms. The normalized spacial score (nSPS) is 27.9. The second-order valence-corrected chi connectivity index (χ2v) is 6.10. The first-order valence-electron chi connectivity index (χ1n) is 7.48. The molecule has 2 fully saturated rings. The number of aromatic nitrogens is 1. The molecule has 1 aromatic heterocycles. The Morgan fingerprint density at radius 2 is 2.48 bits per heavy atom. The van der Waals surface area contributed by atoms with Crippen molar-refractivity contribution < 1.29 is 14.3 Å². The fraction of sp³-hybridized carbons (Fsp3) is 0.625. The summed E-state index contributed by atoms with van der Waals surface area (Å²) in [7, 11) is 1.72. The smallest absolute Gasteiger partial charge is 0.222 e. The molecule has 3 rings (SSSR count). The number of pyridine rings is 1. The van der Waals surface area contributed by atoms with E-state index in [2.05, 4.69) is 4.98 Å². The maximum atomic E-state index is 12.4. The number of rotatable bonds is 5. The van der Waals surface area contributed by atoms with Crippen LogP contribution in [0, 0.1) is 11.3 Å². The monoisotopic (exact) mass is 290 g/mol. The fourth-order valence-electron chi connectivity index (χ4n) is 3.45. The number of hydrogen-bond donors (Lipinski definition) is 0. The second-order valence-electron chi connectivity index (χ2n) is 6.10. The molecule has 2 saturated heterocycles. The van der Waals surface area contributed by atoms with Crippen molar-refractivity contribution in [2.24, 2.45) is 11.3 Å². The zero-order valence-electron chi connectivity index (χ0n) is 12.5. The van der Waals surface area contributed by atoms with Gasteiger partial charge in [0.1, 0.15) is 0 Å². The lowest BCUT2D eigenvalue weighted by Crippen LogP contribution is -2.37. The van der Waals surface area contributed by atoms with Gasteiger partial charge in [0.15, 0.2) is 0 Å². The van der Waals surface area contributed by atoms with E-state index in [1.165, 1.54) is 0 Å². The fourth-order valence-corrected chi connectivity index (χ4v) is 3.45. The maximum Gasteiger partial charge on any atom is 0.222 e. The van der Waals surface area contributed by atoms with Gasteiger partial charge in [0.05, 0.1) is 19.8 Å². The number of carbonyl (C=O) groups is 1. The third-order valence-electron chi connectivity index (χ3n) is 4.63. The van der Waals surface area contributed by atoms with Gasteiger partial charge < -0.3 is 14.4 Å². The van der Waals surface area contributed by atoms with Crippen LogP contribution in [0.4, 0.5) is 0 Å². The SMILES string of the molecule is COC[C@@]12COC[C@@H]1CN(C(=O)CCc1ccccn1)C2. The van der Waals surface area contributed by atoms with Crippen molar-refractivity contribution in [1.29, 1.82) is 0 Å². The summed E-state index contributed by atoms with van der Waals surface area (Å²) in [4.78, 5) is 18.7. The minimum atomic E-state index is 0.00933. The second kappa shape index (κ2) is 6.12. The average molecular weight is 290 g/mol. The molecule has 0 spiro atoms. The van der Waals surface area contributed by atoms with Crippen LogP contribution in [0.15, 0.2) is 24.4 Å². The molecule has 21 heavy (non-hydrogen) atoms. The van der Waals surface area contributed by atoms with Gasteiger partial charge in [-0.05, 0) is 18.6 Å². The van der Waals surface area contributed by atoms with E-state index in [0.29, 0.717) is 32.0 Å². The van der Waals surface area contributed by atoms with Crippen molar-refractivity contribution in [3.8, 4) is 0 Å². The Labute approximate surface area is 125 Å². The third-order valence-corrected chi connectivity index (χ3v) is 4.63. The van der Waals surface area contributed by atoms with Gasteiger partial charge in [-0.15, -0.1) is 0 Å². The third kappa shape index (κ3) is 2.94. The molecular weight excluding hydrogens is 268 g/mol. The molecule has 0 aliphatic carbocycles. The molecule has 5 nitrogen and oxygen atoms in total. The van der Waals surface area contributed by atoms with Crippen LogP contribution in [-0.2, 0) is 20.7 Å². The van der Waals surface area contributed by atoms with E-state index < -0.39 is 0 Å². The number of fused-ring (bicyclic) bond motifs is 1. The Kier molecular flexibility index (Phi) is 4.22. The molecule has 0 bridgehead atoms. The van der Waals surface area contributed by atoms with E-state index in [-0.39, 0.29) is 11.3 Å². The summed E-state index contributed by atoms with van der Waals surface area (Å²) in [6.45, 7) is 3.67. The van der Waals surface area contributed by atoms with Crippen molar-refractivity contribution in [3.63, 3.8) is 0 Å². The summed E-state index contributed by atoms with van der Waals surface area (Å²) in [5.41, 5.74) is 0.982. The predicted octanol–water partition coefficient (Wildman–Crippen LogP) is 1.14. The Balaban J connectivity index is 1.57. The number of nitrogens with zero attached hydrogens (tertiary/aromatic N) is 2. The highest BCUT2D eigenvalue weighted by atomic mass is 16.5. The lowest BCUT2D eigenvalue weighted by Gasteiger charge is -2.26. The summed E-state index contributed by atoms with van der Waals surface area (Å²) in [5.74, 6) is 0.627. The van der Waals surface area contributed by atoms with E-state index in [1.54, 1.807) is 13.3 Å². The highest BCUT2D eigenvalue weighted by molar-refractivity contribution is 5.77. The van der Waals surface area contributed by atoms with Crippen molar-refractivity contribution in [3.05, 3.63) is 30.1 Å². The van der Waals surface area contributed by atoms with Crippen molar-refractivity contribution in [2.75, 3.05) is 40.0 Å². The molecular formula is C16H22N2O3. The minimum Gasteiger partial charge on any atom is -0.384 e. The van der Waals surface area contributed by atoms with Crippen LogP contribution in [0.5, 0.6) is 0 Å². The van der Waals surface area contributed by atoms with Crippen LogP contribution in [-0.4, -0.2) is 55.8 Å². The molecule has 1 aromatic rings. The summed E-state index contributed by atoms with van der Waals surface area (Å²) in [5, 5.41) is 0. The largest absolute Gasteiger partial charge is 0.384 e. The molecule has 0 saturated carbocycles. The van der Waals surface area contributed by atoms with Crippen LogP contribution in [0.25, 0.3) is 0 Å². The number of carbonyl (C=O) groups excluding carboxylic acids is 1. The lowest BCUT2D eigenvalue weighted by molar-refractivity contribution is -0.131. The molecule has 114 valence electrons. The van der Waals surface area contributed by atoms with Gasteiger partial charge in [0, 0.05) is 49.8 Å². The van der Waals surface area contributed by atoms with Gasteiger partial charge in [0.2, 0.25) is 5.91 Å². The van der Waals surface area contributed by atoms with Gasteiger partial charge in [-0.3, -0.25) is 9.78 Å². The molecule has 0 unspecified atom stereocenters. The van der Waals surface area contributed by atoms with E-state index in [9.17, 15) is 4.79 Å². The number of ether oxygens (including phenoxy) is 2. The topological polar surface area (TPSA) is 51.7 Å². The van der Waals surface area contributed by atoms with Crippen molar-refractivity contribution >= 4 is 5.91 Å². The van der Waals surface area contributed by atoms with Gasteiger partial charge in [-0.2, -0.15) is 0 Å². The first-order chi connectivity index (χ1) is 10.2. The molecule has 0 radical (unpaired) electrons. The van der Waals surface area contributed by atoms with Gasteiger partial charge in [0.25, 0.3) is 0 Å². The molecule has 2 atom stereocenters. The zero-order chi connectivity index (χ0) is 14.7. The van der Waals surface area contributed by atoms with Crippen LogP contribution in [0.1, 0.15) is 12.1 Å². The lowest BCUT2D eigenvalue weighted by atomic mass is 9.82. The molecule has 2 aliphatic rings. The van der Waals surface area contributed by atoms with Gasteiger partial charge in [-0.1, -0.05) is 6.07 Å². The Morgan fingerprint density at radius 1 is 1.57 bits per heavy atom. The van der Waals surface area contributed by atoms with Crippen molar-refractivity contribution in [1.82, 2.24) is 9.88 Å². The Bertz CT molecular complexity index is 494. The summed E-state index contributed by atoms with van der Waals surface area (Å²) >= 11 is 0. The molecule has 2 aliphatic heterocycles. The quantitative estimate of drug-likeness (QED) is 0.816. The number of methoxy groups -OCH3 is 1. The Morgan fingerprint density at radius 3 is 3.24 bits per heavy atom. The molecule has 0 aromatic carbocycles. The van der Waals surface area contributed by atoms with Crippen molar-refractivity contribution in [2.45, 2.75) is 12.8 Å². The highest BCUT2D eigenvalue weighted by Gasteiger charge is 2.51. The standard InChI is InChI=1S/C16H22N2O3/c1-20-11-16-10-18(8-13(16)9-21-12-16)15(19)6-5-14-4-2-3-7-17-14/h2-4,7,13H,5-6,8-12H2,1H3/t13-,16-/m0/s1. The predicted molar refractivity (Wildman–Crippen MR) is 77.8 cm³/mol. The number of likely N-dealkylation sites (tertiary alicyclic amines) is 1. The minimum absolute atomic E-state index is 0.00933. The molecule has 1 amide bonds. The summed E-state index contributed by atoms with van der Waals surface area (Å²) in [6, 6.07) is 5.81. The van der Waals surface area contributed by atoms with Crippen LogP contribution in [0.3, 0.4) is 0 Å².